The van der Waals surface area contributed by atoms with Crippen molar-refractivity contribution in [2.45, 2.75) is 238 Å². The van der Waals surface area contributed by atoms with E-state index in [0.29, 0.717) is 23.9 Å². The predicted molar refractivity (Wildman–Crippen MR) is 259 cm³/mol. The van der Waals surface area contributed by atoms with Crippen LogP contribution in [0.1, 0.15) is 232 Å². The minimum absolute atomic E-state index is 0.0396. The molecule has 364 valence electrons. The summed E-state index contributed by atoms with van der Waals surface area (Å²) in [5, 5.41) is 0. The molecule has 0 heterocycles. The zero-order valence-corrected chi connectivity index (χ0v) is 42.0. The van der Waals surface area contributed by atoms with Crippen LogP contribution in [0.2, 0.25) is 0 Å². The van der Waals surface area contributed by atoms with Gasteiger partial charge in [-0.2, -0.15) is 0 Å². The first-order valence-corrected chi connectivity index (χ1v) is 27.2. The van der Waals surface area contributed by atoms with Crippen LogP contribution in [0.15, 0.2) is 36.5 Å². The molecule has 0 fully saturated rings. The molecular weight excluding hydrogens is 798 g/mol. The van der Waals surface area contributed by atoms with E-state index in [1.54, 1.807) is 0 Å². The number of ether oxygens (including phenoxy) is 2. The van der Waals surface area contributed by atoms with E-state index in [-0.39, 0.29) is 26.1 Å². The van der Waals surface area contributed by atoms with Gasteiger partial charge in [-0.15, -0.1) is 0 Å². The highest BCUT2D eigenvalue weighted by atomic mass is 31.2. The molecule has 0 aliphatic heterocycles. The summed E-state index contributed by atoms with van der Waals surface area (Å²) in [6.07, 6.45) is 52.0. The van der Waals surface area contributed by atoms with E-state index in [1.165, 1.54) is 141 Å². The number of carbonyl (C=O) groups is 2. The van der Waals surface area contributed by atoms with Crippen molar-refractivity contribution in [3.63, 3.8) is 0 Å². The summed E-state index contributed by atoms with van der Waals surface area (Å²) in [7, 11) is 1.14. The molecule has 0 N–H and O–H groups in total. The van der Waals surface area contributed by atoms with Gasteiger partial charge < -0.3 is 27.9 Å². The largest absolute Gasteiger partial charge is 0.756 e. The number of phosphoric acid groups is 1. The van der Waals surface area contributed by atoms with E-state index in [0.717, 1.165) is 51.4 Å². The van der Waals surface area contributed by atoms with Gasteiger partial charge in [0.2, 0.25) is 0 Å². The molecule has 0 radical (unpaired) electrons. The average Bonchev–Trinajstić information content (AvgIpc) is 3.23. The van der Waals surface area contributed by atoms with Crippen molar-refractivity contribution in [1.82, 2.24) is 0 Å². The van der Waals surface area contributed by atoms with Crippen LogP contribution < -0.4 is 4.89 Å². The van der Waals surface area contributed by atoms with Crippen LogP contribution in [0.25, 0.3) is 0 Å². The molecule has 2 atom stereocenters. The highest BCUT2D eigenvalue weighted by Gasteiger charge is 2.21. The Labute approximate surface area is 382 Å². The van der Waals surface area contributed by atoms with Crippen LogP contribution >= 0.6 is 7.82 Å². The van der Waals surface area contributed by atoms with E-state index < -0.39 is 32.5 Å². The second-order valence-electron chi connectivity index (χ2n) is 18.5. The lowest BCUT2D eigenvalue weighted by Gasteiger charge is -2.28. The van der Waals surface area contributed by atoms with Crippen molar-refractivity contribution in [2.75, 3.05) is 47.5 Å². The smallest absolute Gasteiger partial charge is 0.306 e. The third-order valence-electron chi connectivity index (χ3n) is 11.1. The summed E-state index contributed by atoms with van der Waals surface area (Å²) in [5.74, 6) is -0.896. The quantitative estimate of drug-likeness (QED) is 0.0195. The van der Waals surface area contributed by atoms with Crippen LogP contribution in [0.3, 0.4) is 0 Å². The van der Waals surface area contributed by atoms with E-state index in [9.17, 15) is 19.0 Å². The van der Waals surface area contributed by atoms with E-state index in [1.807, 2.05) is 21.1 Å². The Kier molecular flexibility index (Phi) is 43.2. The summed E-state index contributed by atoms with van der Waals surface area (Å²) >= 11 is 0. The van der Waals surface area contributed by atoms with Gasteiger partial charge in [-0.3, -0.25) is 14.2 Å². The number of hydrogen-bond donors (Lipinski definition) is 0. The number of quaternary nitrogens is 1. The number of phosphoric ester groups is 1. The molecule has 0 rings (SSSR count). The Balaban J connectivity index is 4.30. The molecule has 0 bridgehead atoms. The van der Waals surface area contributed by atoms with E-state index >= 15 is 0 Å². The van der Waals surface area contributed by atoms with Gasteiger partial charge in [-0.05, 0) is 70.6 Å². The van der Waals surface area contributed by atoms with E-state index in [4.69, 9.17) is 18.5 Å². The lowest BCUT2D eigenvalue weighted by Crippen LogP contribution is -2.37. The zero-order chi connectivity index (χ0) is 45.7. The zero-order valence-electron chi connectivity index (χ0n) is 41.1. The first-order chi connectivity index (χ1) is 30.0. The number of unbranched alkanes of at least 4 members (excludes halogenated alkanes) is 27. The standard InChI is InChI=1S/C52H98NO8P/c1-6-8-10-12-14-16-18-20-22-23-24-25-26-27-28-29-31-33-35-37-39-41-43-45-52(55)61-50(49-60-62(56,57)59-47-46-53(3,4)5)48-58-51(54)44-42-40-38-36-34-32-30-21-19-17-15-13-11-9-7-2/h29,31-32,34,37,39,50H,6-28,30,33,35-36,38,40-49H2,1-5H3/b31-29+,34-32+,39-37+/t50-/m1/s1. The third kappa shape index (κ3) is 47.7. The van der Waals surface area contributed by atoms with Crippen LogP contribution in [-0.4, -0.2) is 70.0 Å². The second-order valence-corrected chi connectivity index (χ2v) is 19.9. The maximum absolute atomic E-state index is 12.7. The van der Waals surface area contributed by atoms with Gasteiger partial charge in [-0.1, -0.05) is 185 Å². The highest BCUT2D eigenvalue weighted by molar-refractivity contribution is 7.45. The summed E-state index contributed by atoms with van der Waals surface area (Å²) < 4.78 is 33.9. The topological polar surface area (TPSA) is 111 Å². The van der Waals surface area contributed by atoms with Crippen LogP contribution in [0.5, 0.6) is 0 Å². The first kappa shape index (κ1) is 60.2. The van der Waals surface area contributed by atoms with Crippen molar-refractivity contribution in [3.05, 3.63) is 36.5 Å². The van der Waals surface area contributed by atoms with E-state index in [2.05, 4.69) is 50.3 Å². The molecule has 0 aliphatic rings. The molecule has 0 aromatic rings. The van der Waals surface area contributed by atoms with Crippen molar-refractivity contribution in [3.8, 4) is 0 Å². The van der Waals surface area contributed by atoms with Gasteiger partial charge in [0.05, 0.1) is 27.7 Å². The normalized spacial score (nSPS) is 13.7. The molecular formula is C52H98NO8P. The van der Waals surface area contributed by atoms with Crippen molar-refractivity contribution in [1.29, 1.82) is 0 Å². The lowest BCUT2D eigenvalue weighted by molar-refractivity contribution is -0.870. The summed E-state index contributed by atoms with van der Waals surface area (Å²) in [6, 6.07) is 0. The van der Waals surface area contributed by atoms with Gasteiger partial charge in [-0.25, -0.2) is 0 Å². The molecule has 0 spiro atoms. The average molecular weight is 896 g/mol. The number of likely N-dealkylation sites (N-methyl/N-ethyl adjacent to an activating group) is 1. The number of carbonyl (C=O) groups excluding carboxylic acids is 2. The van der Waals surface area contributed by atoms with Crippen molar-refractivity contribution in [2.24, 2.45) is 0 Å². The maximum Gasteiger partial charge on any atom is 0.306 e. The molecule has 62 heavy (non-hydrogen) atoms. The second kappa shape index (κ2) is 44.4. The molecule has 0 aromatic carbocycles. The predicted octanol–water partition coefficient (Wildman–Crippen LogP) is 14.6. The Hall–Kier alpha value is -1.77. The van der Waals surface area contributed by atoms with Crippen LogP contribution in [0, 0.1) is 0 Å². The Bertz CT molecular complexity index is 1150. The lowest BCUT2D eigenvalue weighted by atomic mass is 10.0. The van der Waals surface area contributed by atoms with Crippen molar-refractivity contribution < 1.29 is 42.1 Å². The number of allylic oxidation sites excluding steroid dienone is 6. The fourth-order valence-corrected chi connectivity index (χ4v) is 7.81. The highest BCUT2D eigenvalue weighted by Crippen LogP contribution is 2.38. The minimum Gasteiger partial charge on any atom is -0.756 e. The molecule has 0 amide bonds. The molecule has 0 aromatic heterocycles. The first-order valence-electron chi connectivity index (χ1n) is 25.7. The number of nitrogens with zero attached hydrogens (tertiary/aromatic N) is 1. The van der Waals surface area contributed by atoms with Gasteiger partial charge in [0, 0.05) is 12.8 Å². The van der Waals surface area contributed by atoms with Crippen LogP contribution in [-0.2, 0) is 32.7 Å². The molecule has 9 nitrogen and oxygen atoms in total. The summed E-state index contributed by atoms with van der Waals surface area (Å²) in [5.41, 5.74) is 0. The maximum atomic E-state index is 12.7. The Morgan fingerprint density at radius 3 is 1.29 bits per heavy atom. The van der Waals surface area contributed by atoms with Crippen molar-refractivity contribution >= 4 is 19.8 Å². The molecule has 0 saturated carbocycles. The molecule has 10 heteroatoms. The number of rotatable bonds is 47. The summed E-state index contributed by atoms with van der Waals surface area (Å²) in [6.45, 7) is 4.19. The monoisotopic (exact) mass is 896 g/mol. The SMILES string of the molecule is CCCCCCCCCC/C=C/CCCCCC(=O)OC[C@H](COP(=O)([O-])OCC[N+](C)(C)C)OC(=O)CCC/C=C/CC/C=C/CCCCCCCCCCCCCCCC. The Morgan fingerprint density at radius 1 is 0.484 bits per heavy atom. The number of hydrogen-bond acceptors (Lipinski definition) is 8. The van der Waals surface area contributed by atoms with Gasteiger partial charge >= 0.3 is 11.9 Å². The third-order valence-corrected chi connectivity index (χ3v) is 12.1. The fourth-order valence-electron chi connectivity index (χ4n) is 7.08. The fraction of sp³-hybridized carbons (Fsp3) is 0.846. The van der Waals surface area contributed by atoms with Gasteiger partial charge in [0.15, 0.2) is 6.10 Å². The minimum atomic E-state index is -4.64. The van der Waals surface area contributed by atoms with Crippen LogP contribution in [0.4, 0.5) is 0 Å². The van der Waals surface area contributed by atoms with Gasteiger partial charge in [0.1, 0.15) is 19.8 Å². The Morgan fingerprint density at radius 2 is 0.855 bits per heavy atom. The molecule has 1 unspecified atom stereocenters. The summed E-state index contributed by atoms with van der Waals surface area (Å²) in [4.78, 5) is 37.6. The van der Waals surface area contributed by atoms with Gasteiger partial charge in [0.25, 0.3) is 7.82 Å². The number of esters is 2. The molecule has 0 saturated heterocycles. The molecule has 0 aliphatic carbocycles.